The van der Waals surface area contributed by atoms with Crippen molar-refractivity contribution in [2.75, 3.05) is 6.61 Å². The number of carboxylic acid groups (broad SMARTS) is 1. The summed E-state index contributed by atoms with van der Waals surface area (Å²) in [7, 11) is 0. The first-order valence-corrected chi connectivity index (χ1v) is 15.8. The number of carbonyl (C=O) groups is 1. The number of carboxylic acids is 1. The number of rotatable bonds is 1. The average molecular weight is 521 g/mol. The van der Waals surface area contributed by atoms with Gasteiger partial charge in [0.25, 0.3) is 0 Å². The minimum Gasteiger partial charge on any atom is -0.481 e. The summed E-state index contributed by atoms with van der Waals surface area (Å²) in [5, 5.41) is 21.9. The maximum atomic E-state index is 12.6. The molecular weight excluding hydrogens is 472 g/mol. The van der Waals surface area contributed by atoms with Crippen LogP contribution in [0.5, 0.6) is 0 Å². The average Bonchev–Trinajstić information content (AvgIpc) is 3.02. The van der Waals surface area contributed by atoms with Crippen LogP contribution in [-0.2, 0) is 9.53 Å². The highest BCUT2D eigenvalue weighted by atomic mass is 16.6. The Morgan fingerprint density at radius 1 is 0.895 bits per heavy atom. The van der Waals surface area contributed by atoms with Crippen LogP contribution in [0.15, 0.2) is 24.3 Å². The van der Waals surface area contributed by atoms with Crippen LogP contribution in [-0.4, -0.2) is 28.6 Å². The monoisotopic (exact) mass is 520 g/mol. The molecule has 4 bridgehead atoms. The van der Waals surface area contributed by atoms with Crippen LogP contribution in [0, 0.1) is 61.6 Å². The van der Waals surface area contributed by atoms with Crippen LogP contribution in [0.1, 0.15) is 105 Å². The van der Waals surface area contributed by atoms with Gasteiger partial charge in [-0.3, -0.25) is 4.79 Å². The summed E-state index contributed by atoms with van der Waals surface area (Å²) < 4.78 is 6.33. The lowest BCUT2D eigenvalue weighted by atomic mass is 9.22. The molecule has 8 aliphatic rings. The zero-order valence-electron chi connectivity index (χ0n) is 24.0. The van der Waals surface area contributed by atoms with Crippen LogP contribution in [0.3, 0.4) is 0 Å². The van der Waals surface area contributed by atoms with Crippen molar-refractivity contribution in [1.29, 1.82) is 0 Å². The zero-order chi connectivity index (χ0) is 26.6. The molecule has 5 saturated carbocycles. The Hall–Kier alpha value is -1.13. The Kier molecular flexibility index (Phi) is 4.43. The van der Waals surface area contributed by atoms with E-state index in [4.69, 9.17) is 4.74 Å². The third-order valence-electron chi connectivity index (χ3n) is 16.1. The number of hydrogen-bond acceptors (Lipinski definition) is 3. The summed E-state index contributed by atoms with van der Waals surface area (Å²) in [4.78, 5) is 12.6. The molecule has 2 N–H and O–H groups in total. The fourth-order valence-electron chi connectivity index (χ4n) is 14.0. The van der Waals surface area contributed by atoms with E-state index in [-0.39, 0.29) is 38.4 Å². The predicted molar refractivity (Wildman–Crippen MR) is 146 cm³/mol. The smallest absolute Gasteiger partial charge is 0.309 e. The summed E-state index contributed by atoms with van der Waals surface area (Å²) >= 11 is 0. The van der Waals surface area contributed by atoms with Gasteiger partial charge in [0.15, 0.2) is 5.79 Å². The fraction of sp³-hybridized carbons (Fsp3) is 0.853. The van der Waals surface area contributed by atoms with Gasteiger partial charge in [0, 0.05) is 23.2 Å². The molecule has 12 unspecified atom stereocenters. The molecule has 0 aromatic rings. The second kappa shape index (κ2) is 6.84. The minimum absolute atomic E-state index is 0.0746. The van der Waals surface area contributed by atoms with Crippen LogP contribution in [0.4, 0.5) is 0 Å². The van der Waals surface area contributed by atoms with Gasteiger partial charge < -0.3 is 14.9 Å². The molecule has 1 aliphatic heterocycles. The van der Waals surface area contributed by atoms with E-state index in [1.807, 2.05) is 6.92 Å². The Bertz CT molecular complexity index is 1170. The zero-order valence-corrected chi connectivity index (χ0v) is 24.0. The van der Waals surface area contributed by atoms with Crippen LogP contribution < -0.4 is 0 Å². The van der Waals surface area contributed by atoms with E-state index in [1.165, 1.54) is 32.1 Å². The molecule has 38 heavy (non-hydrogen) atoms. The molecule has 0 amide bonds. The number of fused-ring (bicyclic) bond motifs is 2. The molecule has 1 saturated heterocycles. The molecule has 0 aromatic carbocycles. The first-order valence-electron chi connectivity index (χ1n) is 15.8. The Morgan fingerprint density at radius 3 is 2.42 bits per heavy atom. The quantitative estimate of drug-likeness (QED) is 0.361. The lowest BCUT2D eigenvalue weighted by Gasteiger charge is -2.81. The van der Waals surface area contributed by atoms with Gasteiger partial charge in [0.1, 0.15) is 0 Å². The highest BCUT2D eigenvalue weighted by Crippen LogP contribution is 2.87. The lowest BCUT2D eigenvalue weighted by molar-refractivity contribution is -0.314. The predicted octanol–water partition coefficient (Wildman–Crippen LogP) is 7.13. The van der Waals surface area contributed by atoms with Crippen molar-refractivity contribution >= 4 is 5.97 Å². The molecule has 7 aliphatic carbocycles. The van der Waals surface area contributed by atoms with Crippen molar-refractivity contribution in [3.8, 4) is 0 Å². The van der Waals surface area contributed by atoms with Crippen molar-refractivity contribution < 1.29 is 19.7 Å². The number of ether oxygens (including phenoxy) is 1. The normalized spacial score (nSPS) is 63.3. The molecule has 1 heterocycles. The molecular formula is C34H48O4. The van der Waals surface area contributed by atoms with E-state index in [2.05, 4.69) is 45.1 Å². The fourth-order valence-corrected chi connectivity index (χ4v) is 14.0. The first-order chi connectivity index (χ1) is 17.9. The molecule has 208 valence electrons. The standard InChI is InChI=1S/C34H48O4/c1-22-30-15-18-33-10-6-9-31(16-17-32(33)8-5-7-23(25(30)32)19-34(22,37)38-21-30)24-20-28(3,26(35)36)12-11-27(24,2)13-14-29(31,33)4/h5-7,10,22-25,37H,8-9,11-21H2,1-4H3,(H,35,36). The van der Waals surface area contributed by atoms with Gasteiger partial charge in [-0.25, -0.2) is 0 Å². The Morgan fingerprint density at radius 2 is 1.63 bits per heavy atom. The van der Waals surface area contributed by atoms with Crippen LogP contribution >= 0.6 is 0 Å². The van der Waals surface area contributed by atoms with Crippen molar-refractivity contribution in [3.63, 3.8) is 0 Å². The van der Waals surface area contributed by atoms with Gasteiger partial charge >= 0.3 is 5.97 Å². The SMILES string of the molecule is CC1C2(O)CC3C=CCC45CCC67CC=CC4(CCC1(CO2)C35)C6(C)CCC1(C)CCC(C)(C(=O)O)CC17. The maximum absolute atomic E-state index is 12.6. The second-order valence-corrected chi connectivity index (χ2v) is 16.6. The number of hydrogen-bond donors (Lipinski definition) is 2. The van der Waals surface area contributed by atoms with Gasteiger partial charge in [-0.05, 0) is 117 Å². The molecule has 8 rings (SSSR count). The van der Waals surface area contributed by atoms with Gasteiger partial charge in [0.05, 0.1) is 12.0 Å². The van der Waals surface area contributed by atoms with Crippen LogP contribution in [0.25, 0.3) is 0 Å². The highest BCUT2D eigenvalue weighted by molar-refractivity contribution is 5.74. The topological polar surface area (TPSA) is 66.8 Å². The number of aliphatic hydroxyl groups is 1. The van der Waals surface area contributed by atoms with Crippen LogP contribution in [0.2, 0.25) is 0 Å². The third kappa shape index (κ3) is 2.30. The van der Waals surface area contributed by atoms with Gasteiger partial charge in [-0.1, -0.05) is 45.1 Å². The number of aliphatic carboxylic acids is 1. The third-order valence-corrected chi connectivity index (χ3v) is 16.1. The van der Waals surface area contributed by atoms with Gasteiger partial charge in [-0.2, -0.15) is 0 Å². The van der Waals surface area contributed by atoms with E-state index in [0.29, 0.717) is 17.8 Å². The second-order valence-electron chi connectivity index (χ2n) is 16.6. The minimum atomic E-state index is -0.963. The summed E-state index contributed by atoms with van der Waals surface area (Å²) in [6.45, 7) is 10.3. The summed E-state index contributed by atoms with van der Waals surface area (Å²) in [5.41, 5.74) is 0.456. The van der Waals surface area contributed by atoms with E-state index in [9.17, 15) is 15.0 Å². The Labute approximate surface area is 228 Å². The molecule has 4 heteroatoms. The largest absolute Gasteiger partial charge is 0.481 e. The van der Waals surface area contributed by atoms with Crippen molar-refractivity contribution in [2.45, 2.75) is 111 Å². The molecule has 0 aromatic heterocycles. The van der Waals surface area contributed by atoms with Gasteiger partial charge in [-0.15, -0.1) is 0 Å². The van der Waals surface area contributed by atoms with E-state index < -0.39 is 17.2 Å². The van der Waals surface area contributed by atoms with Crippen molar-refractivity contribution in [3.05, 3.63) is 24.3 Å². The van der Waals surface area contributed by atoms with Crippen molar-refractivity contribution in [1.82, 2.24) is 0 Å². The van der Waals surface area contributed by atoms with Crippen molar-refractivity contribution in [2.24, 2.45) is 61.6 Å². The number of allylic oxidation sites excluding steroid dienone is 4. The highest BCUT2D eigenvalue weighted by Gasteiger charge is 2.82. The maximum Gasteiger partial charge on any atom is 0.309 e. The van der Waals surface area contributed by atoms with E-state index >= 15 is 0 Å². The molecule has 12 atom stereocenters. The molecule has 6 fully saturated rings. The molecule has 4 nitrogen and oxygen atoms in total. The summed E-state index contributed by atoms with van der Waals surface area (Å²) in [6.07, 6.45) is 23.4. The lowest BCUT2D eigenvalue weighted by Crippen LogP contribution is -2.75. The summed E-state index contributed by atoms with van der Waals surface area (Å²) in [6, 6.07) is 0. The Balaban J connectivity index is 1.30. The van der Waals surface area contributed by atoms with E-state index in [0.717, 1.165) is 51.6 Å². The first kappa shape index (κ1) is 24.6. The van der Waals surface area contributed by atoms with Gasteiger partial charge in [0.2, 0.25) is 0 Å². The van der Waals surface area contributed by atoms with E-state index in [1.54, 1.807) is 0 Å². The molecule has 3 spiro atoms. The molecule has 0 radical (unpaired) electrons. The summed E-state index contributed by atoms with van der Waals surface area (Å²) in [5.74, 6) is 0.0753.